The van der Waals surface area contributed by atoms with E-state index < -0.39 is 30.4 Å². The third-order valence-corrected chi connectivity index (χ3v) is 7.89. The Morgan fingerprint density at radius 3 is 2.70 bits per heavy atom. The van der Waals surface area contributed by atoms with Crippen LogP contribution in [-0.4, -0.2) is 103 Å². The van der Waals surface area contributed by atoms with Crippen molar-refractivity contribution in [3.05, 3.63) is 12.2 Å². The number of fused-ring (bicyclic) bond motifs is 1. The lowest BCUT2D eigenvalue weighted by molar-refractivity contribution is -0.137. The molecule has 2 amide bonds. The van der Waals surface area contributed by atoms with Crippen molar-refractivity contribution in [2.45, 2.75) is 75.2 Å². The van der Waals surface area contributed by atoms with Crippen LogP contribution in [0.25, 0.3) is 11.2 Å². The van der Waals surface area contributed by atoms with Gasteiger partial charge in [0.05, 0.1) is 6.33 Å². The van der Waals surface area contributed by atoms with Crippen LogP contribution >= 0.6 is 0 Å². The molecule has 6 N–H and O–H groups in total. The van der Waals surface area contributed by atoms with E-state index in [-0.39, 0.29) is 35.5 Å². The number of carbonyl (C=O) groups is 2. The number of ether oxygens (including phenoxy) is 2. The Kier molecular flexibility index (Phi) is 7.45. The molecule has 1 aliphatic carbocycles. The van der Waals surface area contributed by atoms with Crippen molar-refractivity contribution in [3.8, 4) is 11.8 Å². The molecule has 2 aromatic rings. The molecule has 14 heteroatoms. The number of amides is 2. The van der Waals surface area contributed by atoms with Crippen molar-refractivity contribution >= 4 is 29.0 Å². The van der Waals surface area contributed by atoms with Crippen LogP contribution in [0.15, 0.2) is 6.33 Å². The zero-order chi connectivity index (χ0) is 27.8. The average Bonchev–Trinajstić information content (AvgIpc) is 3.29. The molecule has 3 aliphatic heterocycles. The molecule has 5 heterocycles. The van der Waals surface area contributed by atoms with Crippen LogP contribution in [0, 0.1) is 17.8 Å². The second kappa shape index (κ2) is 11.2. The molecule has 4 fully saturated rings. The summed E-state index contributed by atoms with van der Waals surface area (Å²) in [5.41, 5.74) is 6.70. The van der Waals surface area contributed by atoms with E-state index >= 15 is 0 Å². The quantitative estimate of drug-likeness (QED) is 0.293. The van der Waals surface area contributed by atoms with E-state index in [0.717, 1.165) is 38.6 Å². The van der Waals surface area contributed by atoms with Crippen molar-refractivity contribution in [1.82, 2.24) is 35.1 Å². The number of hydrogen-bond donors (Lipinski definition) is 5. The predicted octanol–water partition coefficient (Wildman–Crippen LogP) is -0.742. The summed E-state index contributed by atoms with van der Waals surface area (Å²) in [4.78, 5) is 39.6. The molecule has 2 aromatic heterocycles. The van der Waals surface area contributed by atoms with Crippen molar-refractivity contribution in [2.75, 3.05) is 31.9 Å². The normalized spacial score (nSPS) is 28.9. The first-order valence-corrected chi connectivity index (χ1v) is 13.8. The highest BCUT2D eigenvalue weighted by atomic mass is 16.6. The molecule has 2 unspecified atom stereocenters. The number of piperidine rings is 1. The first-order valence-electron chi connectivity index (χ1n) is 13.8. The summed E-state index contributed by atoms with van der Waals surface area (Å²) in [6.07, 6.45) is 0.904. The van der Waals surface area contributed by atoms with Gasteiger partial charge in [-0.15, -0.1) is 0 Å². The summed E-state index contributed by atoms with van der Waals surface area (Å²) in [6.45, 7) is 2.86. The number of carbonyl (C=O) groups excluding carboxylic acids is 2. The summed E-state index contributed by atoms with van der Waals surface area (Å²) in [7, 11) is 0. The molecule has 0 radical (unpaired) electrons. The lowest BCUT2D eigenvalue weighted by atomic mass is 9.94. The van der Waals surface area contributed by atoms with E-state index in [0.29, 0.717) is 37.5 Å². The minimum atomic E-state index is -1.41. The minimum absolute atomic E-state index is 0.0426. The van der Waals surface area contributed by atoms with Crippen LogP contribution in [0.4, 0.5) is 10.6 Å². The molecular formula is C26H34N8O6. The van der Waals surface area contributed by atoms with Gasteiger partial charge in [0.15, 0.2) is 23.8 Å². The summed E-state index contributed by atoms with van der Waals surface area (Å²) in [5, 5.41) is 27.1. The Balaban J connectivity index is 1.09. The Bertz CT molecular complexity index is 1320. The minimum Gasteiger partial charge on any atom is -0.445 e. The summed E-state index contributed by atoms with van der Waals surface area (Å²) < 4.78 is 12.8. The van der Waals surface area contributed by atoms with Crippen LogP contribution in [0.5, 0.6) is 0 Å². The number of nitrogens with one attached hydrogen (secondary N) is 2. The molecule has 5 atom stereocenters. The van der Waals surface area contributed by atoms with Crippen LogP contribution in [-0.2, 0) is 14.3 Å². The third-order valence-electron chi connectivity index (χ3n) is 7.89. The van der Waals surface area contributed by atoms with Gasteiger partial charge < -0.3 is 41.0 Å². The maximum atomic E-state index is 12.5. The fourth-order valence-corrected chi connectivity index (χ4v) is 5.34. The van der Waals surface area contributed by atoms with Crippen molar-refractivity contribution in [2.24, 2.45) is 5.92 Å². The number of aromatic nitrogens is 4. The van der Waals surface area contributed by atoms with Crippen molar-refractivity contribution < 1.29 is 29.3 Å². The molecular weight excluding hydrogens is 520 g/mol. The monoisotopic (exact) mass is 554 g/mol. The van der Waals surface area contributed by atoms with E-state index in [1.165, 1.54) is 10.9 Å². The fourth-order valence-electron chi connectivity index (χ4n) is 5.34. The molecule has 14 nitrogen and oxygen atoms in total. The van der Waals surface area contributed by atoms with Gasteiger partial charge in [0.1, 0.15) is 23.8 Å². The Labute approximate surface area is 230 Å². The lowest BCUT2D eigenvalue weighted by Crippen LogP contribution is -2.43. The first kappa shape index (κ1) is 26.7. The highest BCUT2D eigenvalue weighted by Crippen LogP contribution is 2.33. The second-order valence-corrected chi connectivity index (χ2v) is 10.9. The number of imidazole rings is 1. The Morgan fingerprint density at radius 2 is 1.98 bits per heavy atom. The lowest BCUT2D eigenvalue weighted by Gasteiger charge is -2.31. The van der Waals surface area contributed by atoms with E-state index in [4.69, 9.17) is 15.2 Å². The number of nitrogens with zero attached hydrogens (tertiary/aromatic N) is 5. The second-order valence-electron chi connectivity index (χ2n) is 10.9. The van der Waals surface area contributed by atoms with E-state index in [9.17, 15) is 19.8 Å². The molecule has 3 saturated heterocycles. The molecule has 4 aliphatic rings. The summed E-state index contributed by atoms with van der Waals surface area (Å²) >= 11 is 0. The van der Waals surface area contributed by atoms with Crippen LogP contribution in [0.3, 0.4) is 0 Å². The zero-order valence-electron chi connectivity index (χ0n) is 22.0. The van der Waals surface area contributed by atoms with E-state index in [1.54, 1.807) is 4.90 Å². The molecule has 0 bridgehead atoms. The summed E-state index contributed by atoms with van der Waals surface area (Å²) in [6, 6.07) is 0.0886. The fraction of sp³-hybridized carbons (Fsp3) is 0.654. The van der Waals surface area contributed by atoms with E-state index in [1.807, 2.05) is 0 Å². The smallest absolute Gasteiger partial charge is 0.410 e. The topological polar surface area (TPSA) is 190 Å². The largest absolute Gasteiger partial charge is 0.445 e. The van der Waals surface area contributed by atoms with Gasteiger partial charge in [-0.3, -0.25) is 9.36 Å². The van der Waals surface area contributed by atoms with Crippen LogP contribution in [0.1, 0.15) is 50.6 Å². The average molecular weight is 555 g/mol. The Hall–Kier alpha value is -3.51. The number of nitrogens with two attached hydrogens (primary N) is 1. The highest BCUT2D eigenvalue weighted by molar-refractivity contribution is 5.83. The van der Waals surface area contributed by atoms with Gasteiger partial charge >= 0.3 is 6.09 Å². The molecule has 214 valence electrons. The molecule has 40 heavy (non-hydrogen) atoms. The number of aliphatic hydroxyl groups excluding tert-OH is 2. The number of likely N-dealkylation sites (tertiary alicyclic amines) is 1. The SMILES string of the molecule is Nc1nc(C#CCC2CCN(C(=O)OC3CCNC3)CC2)nc2c1ncn2[C@@H]1O[C@H](C(=O)NC2CC2)C(O)[C@@H]1O. The van der Waals surface area contributed by atoms with Crippen LogP contribution < -0.4 is 16.4 Å². The highest BCUT2D eigenvalue weighted by Gasteiger charge is 2.48. The maximum absolute atomic E-state index is 12.5. The van der Waals surface area contributed by atoms with E-state index in [2.05, 4.69) is 37.4 Å². The van der Waals surface area contributed by atoms with Gasteiger partial charge in [-0.2, -0.15) is 0 Å². The third kappa shape index (κ3) is 5.55. The van der Waals surface area contributed by atoms with Gasteiger partial charge in [-0.25, -0.2) is 19.7 Å². The van der Waals surface area contributed by atoms with Gasteiger partial charge in [0.25, 0.3) is 5.91 Å². The van der Waals surface area contributed by atoms with Crippen molar-refractivity contribution in [1.29, 1.82) is 0 Å². The van der Waals surface area contributed by atoms with Gasteiger partial charge in [0.2, 0.25) is 5.82 Å². The zero-order valence-corrected chi connectivity index (χ0v) is 22.0. The van der Waals surface area contributed by atoms with Crippen LogP contribution in [0.2, 0.25) is 0 Å². The number of aliphatic hydroxyl groups is 2. The molecule has 0 aromatic carbocycles. The standard InChI is InChI=1S/C26H34N8O6/c27-22-18-23(34(13-29-18)25-20(36)19(35)21(40-25)24(37)30-15-4-5-15)32-17(31-22)3-1-2-14-7-10-33(11-8-14)26(38)39-16-6-9-28-12-16/h13-16,19-21,25,28,35-36H,2,4-12H2,(H,30,37)(H2,27,31,32)/t16?,19?,20-,21-,25+/m0/s1. The molecule has 1 saturated carbocycles. The number of rotatable bonds is 5. The van der Waals surface area contributed by atoms with Gasteiger partial charge in [-0.05, 0) is 50.5 Å². The number of nitrogen functional groups attached to an aromatic ring is 1. The first-order chi connectivity index (χ1) is 19.4. The number of hydrogen-bond acceptors (Lipinski definition) is 11. The van der Waals surface area contributed by atoms with Gasteiger partial charge in [0, 0.05) is 32.1 Å². The maximum Gasteiger partial charge on any atom is 0.410 e. The Morgan fingerprint density at radius 1 is 1.18 bits per heavy atom. The van der Waals surface area contributed by atoms with Gasteiger partial charge in [-0.1, -0.05) is 5.92 Å². The number of anilines is 1. The molecule has 0 spiro atoms. The van der Waals surface area contributed by atoms with Crippen molar-refractivity contribution in [3.63, 3.8) is 0 Å². The molecule has 6 rings (SSSR count). The summed E-state index contributed by atoms with van der Waals surface area (Å²) in [5.74, 6) is 6.28. The predicted molar refractivity (Wildman–Crippen MR) is 140 cm³/mol.